The van der Waals surface area contributed by atoms with Crippen molar-refractivity contribution in [1.82, 2.24) is 4.90 Å². The van der Waals surface area contributed by atoms with Crippen LogP contribution < -0.4 is 0 Å². The predicted molar refractivity (Wildman–Crippen MR) is 80.6 cm³/mol. The molecule has 0 amide bonds. The molecule has 3 rings (SSSR count). The number of hydrogen-bond donors (Lipinski definition) is 0. The molecule has 1 aromatic carbocycles. The van der Waals surface area contributed by atoms with Crippen molar-refractivity contribution < 1.29 is 0 Å². The quantitative estimate of drug-likeness (QED) is 0.791. The molecule has 18 heavy (non-hydrogen) atoms. The highest BCUT2D eigenvalue weighted by Crippen LogP contribution is 2.40. The minimum atomic E-state index is 0.759. The number of halogens is 2. The zero-order valence-corrected chi connectivity index (χ0v) is 12.4. The van der Waals surface area contributed by atoms with Gasteiger partial charge in [-0.1, -0.05) is 23.2 Å². The molecule has 0 spiro atoms. The normalized spacial score (nSPS) is 20.3. The van der Waals surface area contributed by atoms with E-state index < -0.39 is 0 Å². The molecule has 4 heteroatoms. The van der Waals surface area contributed by atoms with Gasteiger partial charge in [0.2, 0.25) is 0 Å². The summed E-state index contributed by atoms with van der Waals surface area (Å²) in [6, 6.07) is 5.98. The summed E-state index contributed by atoms with van der Waals surface area (Å²) >= 11 is 14.5. The molecule has 0 atom stereocenters. The van der Waals surface area contributed by atoms with Crippen molar-refractivity contribution in [3.8, 4) is 0 Å². The molecule has 0 aliphatic carbocycles. The van der Waals surface area contributed by atoms with E-state index in [2.05, 4.69) is 11.0 Å². The fourth-order valence-corrected chi connectivity index (χ4v) is 4.18. The first-order valence-electron chi connectivity index (χ1n) is 6.26. The predicted octanol–water partition coefficient (Wildman–Crippen LogP) is 4.49. The van der Waals surface area contributed by atoms with Gasteiger partial charge in [0, 0.05) is 27.8 Å². The van der Waals surface area contributed by atoms with Gasteiger partial charge in [-0.25, -0.2) is 0 Å². The van der Waals surface area contributed by atoms with Crippen LogP contribution in [-0.2, 0) is 0 Å². The van der Waals surface area contributed by atoms with Gasteiger partial charge in [-0.05, 0) is 49.7 Å². The number of benzene rings is 1. The fraction of sp³-hybridized carbons (Fsp3) is 0.429. The highest BCUT2D eigenvalue weighted by atomic mass is 35.5. The molecule has 1 saturated heterocycles. The van der Waals surface area contributed by atoms with Crippen LogP contribution in [0.25, 0.3) is 5.03 Å². The molecule has 0 unspecified atom stereocenters. The Hall–Kier alpha value is -0.150. The van der Waals surface area contributed by atoms with Gasteiger partial charge < -0.3 is 0 Å². The smallest absolute Gasteiger partial charge is 0.0503 e. The van der Waals surface area contributed by atoms with E-state index in [9.17, 15) is 0 Å². The molecule has 0 bridgehead atoms. The van der Waals surface area contributed by atoms with Crippen LogP contribution in [0, 0.1) is 0 Å². The van der Waals surface area contributed by atoms with E-state index in [0.717, 1.165) is 27.9 Å². The summed E-state index contributed by atoms with van der Waals surface area (Å²) in [6.07, 6.45) is 2.64. The summed E-state index contributed by atoms with van der Waals surface area (Å²) in [5.74, 6) is 1.00. The second-order valence-corrected chi connectivity index (χ2v) is 6.66. The Morgan fingerprint density at radius 3 is 2.72 bits per heavy atom. The lowest BCUT2D eigenvalue weighted by Crippen LogP contribution is -2.23. The molecule has 1 nitrogen and oxygen atoms in total. The monoisotopic (exact) mass is 299 g/mol. The molecule has 2 aliphatic rings. The maximum atomic E-state index is 6.54. The summed E-state index contributed by atoms with van der Waals surface area (Å²) in [5.41, 5.74) is 2.45. The Bertz CT molecular complexity index is 493. The summed E-state index contributed by atoms with van der Waals surface area (Å²) in [5, 5.41) is 1.67. The maximum Gasteiger partial charge on any atom is 0.0503 e. The molecule has 2 heterocycles. The van der Waals surface area contributed by atoms with Gasteiger partial charge in [0.15, 0.2) is 0 Å². The standard InChI is InChI=1S/C14H15Cl2NS/c15-11-3-4-13-12(7-11)14(16)10(9-18-13)8-17-5-1-2-6-17/h3-4,7H,1-2,5-6,8-9H2. The van der Waals surface area contributed by atoms with Crippen LogP contribution in [0.1, 0.15) is 18.4 Å². The van der Waals surface area contributed by atoms with Crippen LogP contribution in [0.15, 0.2) is 28.7 Å². The lowest BCUT2D eigenvalue weighted by molar-refractivity contribution is 0.369. The second-order valence-electron chi connectivity index (χ2n) is 4.83. The molecule has 1 aromatic rings. The van der Waals surface area contributed by atoms with Gasteiger partial charge in [-0.15, -0.1) is 11.8 Å². The maximum absolute atomic E-state index is 6.54. The van der Waals surface area contributed by atoms with E-state index in [-0.39, 0.29) is 0 Å². The number of likely N-dealkylation sites (tertiary alicyclic amines) is 1. The van der Waals surface area contributed by atoms with Gasteiger partial charge in [0.05, 0.1) is 5.03 Å². The van der Waals surface area contributed by atoms with E-state index in [1.165, 1.54) is 36.4 Å². The van der Waals surface area contributed by atoms with Gasteiger partial charge >= 0.3 is 0 Å². The number of fused-ring (bicyclic) bond motifs is 1. The van der Waals surface area contributed by atoms with E-state index in [4.69, 9.17) is 23.2 Å². The van der Waals surface area contributed by atoms with E-state index in [0.29, 0.717) is 0 Å². The third kappa shape index (κ3) is 2.57. The molecule has 0 N–H and O–H groups in total. The highest BCUT2D eigenvalue weighted by molar-refractivity contribution is 7.99. The van der Waals surface area contributed by atoms with Crippen LogP contribution in [-0.4, -0.2) is 30.3 Å². The van der Waals surface area contributed by atoms with Gasteiger partial charge in [-0.2, -0.15) is 0 Å². The first-order valence-corrected chi connectivity index (χ1v) is 8.01. The largest absolute Gasteiger partial charge is 0.299 e. The Morgan fingerprint density at radius 1 is 1.17 bits per heavy atom. The Labute approximate surface area is 122 Å². The molecule has 0 saturated carbocycles. The number of hydrogen-bond acceptors (Lipinski definition) is 2. The minimum Gasteiger partial charge on any atom is -0.299 e. The number of nitrogens with zero attached hydrogens (tertiary/aromatic N) is 1. The summed E-state index contributed by atoms with van der Waals surface area (Å²) < 4.78 is 0. The van der Waals surface area contributed by atoms with Crippen LogP contribution in [0.5, 0.6) is 0 Å². The first-order chi connectivity index (χ1) is 8.74. The Balaban J connectivity index is 1.88. The van der Waals surface area contributed by atoms with Gasteiger partial charge in [0.1, 0.15) is 0 Å². The van der Waals surface area contributed by atoms with Crippen molar-refractivity contribution in [2.24, 2.45) is 0 Å². The molecular formula is C14H15Cl2NS. The Morgan fingerprint density at radius 2 is 1.94 bits per heavy atom. The molecule has 96 valence electrons. The third-order valence-corrected chi connectivity index (χ3v) is 5.37. The molecule has 0 aromatic heterocycles. The third-order valence-electron chi connectivity index (χ3n) is 3.50. The SMILES string of the molecule is ClC1=C(CN2CCCC2)CSc2ccc(Cl)cc21. The van der Waals surface area contributed by atoms with Crippen molar-refractivity contribution in [3.05, 3.63) is 34.4 Å². The van der Waals surface area contributed by atoms with Crippen molar-refractivity contribution in [1.29, 1.82) is 0 Å². The zero-order valence-electron chi connectivity index (χ0n) is 10.1. The summed E-state index contributed by atoms with van der Waals surface area (Å²) in [4.78, 5) is 3.74. The second kappa shape index (κ2) is 5.46. The van der Waals surface area contributed by atoms with E-state index in [1.807, 2.05) is 23.9 Å². The van der Waals surface area contributed by atoms with Crippen LogP contribution >= 0.6 is 35.0 Å². The molecule has 1 fully saturated rings. The summed E-state index contributed by atoms with van der Waals surface area (Å²) in [7, 11) is 0. The van der Waals surface area contributed by atoms with Crippen molar-refractivity contribution in [2.45, 2.75) is 17.7 Å². The zero-order chi connectivity index (χ0) is 12.5. The van der Waals surface area contributed by atoms with Gasteiger partial charge in [-0.3, -0.25) is 4.90 Å². The van der Waals surface area contributed by atoms with Crippen molar-refractivity contribution in [3.63, 3.8) is 0 Å². The van der Waals surface area contributed by atoms with Crippen molar-refractivity contribution in [2.75, 3.05) is 25.4 Å². The van der Waals surface area contributed by atoms with Crippen LogP contribution in [0.4, 0.5) is 0 Å². The van der Waals surface area contributed by atoms with E-state index >= 15 is 0 Å². The topological polar surface area (TPSA) is 3.24 Å². The average molecular weight is 300 g/mol. The summed E-state index contributed by atoms with van der Waals surface area (Å²) in [6.45, 7) is 3.43. The fourth-order valence-electron chi connectivity index (χ4n) is 2.54. The molecule has 0 radical (unpaired) electrons. The Kier molecular flexibility index (Phi) is 3.90. The van der Waals surface area contributed by atoms with Crippen LogP contribution in [0.3, 0.4) is 0 Å². The van der Waals surface area contributed by atoms with Crippen molar-refractivity contribution >= 4 is 40.0 Å². The van der Waals surface area contributed by atoms with E-state index in [1.54, 1.807) is 0 Å². The highest BCUT2D eigenvalue weighted by Gasteiger charge is 2.21. The average Bonchev–Trinajstić information content (AvgIpc) is 2.86. The minimum absolute atomic E-state index is 0.759. The van der Waals surface area contributed by atoms with Crippen LogP contribution in [0.2, 0.25) is 5.02 Å². The lowest BCUT2D eigenvalue weighted by Gasteiger charge is -2.23. The van der Waals surface area contributed by atoms with Gasteiger partial charge in [0.25, 0.3) is 0 Å². The number of thioether (sulfide) groups is 1. The first kappa shape index (κ1) is 12.9. The molecule has 2 aliphatic heterocycles. The molecular weight excluding hydrogens is 285 g/mol. The number of rotatable bonds is 2. The lowest BCUT2D eigenvalue weighted by atomic mass is 10.1.